The molecule has 0 spiro atoms. The van der Waals surface area contributed by atoms with Gasteiger partial charge in [0, 0.05) is 33.7 Å². The molecule has 1 aromatic rings. The van der Waals surface area contributed by atoms with E-state index in [9.17, 15) is 9.59 Å². The van der Waals surface area contributed by atoms with Crippen LogP contribution in [0, 0.1) is 0 Å². The van der Waals surface area contributed by atoms with Crippen molar-refractivity contribution >= 4 is 27.5 Å². The minimum absolute atomic E-state index is 0.0718. The first kappa shape index (κ1) is 15.6. The number of nitrogens with one attached hydrogen (secondary N) is 2. The maximum atomic E-state index is 11.6. The van der Waals surface area contributed by atoms with Crippen LogP contribution in [-0.2, 0) is 16.6 Å². The summed E-state index contributed by atoms with van der Waals surface area (Å²) in [6.45, 7) is 1.40. The smallest absolute Gasteiger partial charge is 0.282 e. The summed E-state index contributed by atoms with van der Waals surface area (Å²) in [6, 6.07) is 0. The molecule has 0 atom stereocenters. The lowest BCUT2D eigenvalue weighted by Gasteiger charge is -2.08. The fraction of sp³-hybridized carbons (Fsp3) is 0.545. The average Bonchev–Trinajstić information content (AvgIpc) is 2.39. The van der Waals surface area contributed by atoms with Gasteiger partial charge in [-0.2, -0.15) is 5.10 Å². The SMILES string of the molecule is COCCNC(=O)CCNc1cnn(C)c(=O)c1Br. The van der Waals surface area contributed by atoms with Crippen LogP contribution in [0.15, 0.2) is 15.5 Å². The van der Waals surface area contributed by atoms with E-state index in [1.54, 1.807) is 14.2 Å². The first-order valence-corrected chi connectivity index (χ1v) is 6.57. The summed E-state index contributed by atoms with van der Waals surface area (Å²) in [6.07, 6.45) is 1.85. The summed E-state index contributed by atoms with van der Waals surface area (Å²) in [7, 11) is 3.15. The third kappa shape index (κ3) is 4.99. The number of carbonyl (C=O) groups excluding carboxylic acids is 1. The molecule has 19 heavy (non-hydrogen) atoms. The summed E-state index contributed by atoms with van der Waals surface area (Å²) >= 11 is 3.20. The molecule has 8 heteroatoms. The van der Waals surface area contributed by atoms with Gasteiger partial charge < -0.3 is 15.4 Å². The maximum absolute atomic E-state index is 11.6. The lowest BCUT2D eigenvalue weighted by Crippen LogP contribution is -2.28. The molecule has 0 fully saturated rings. The number of hydrogen-bond acceptors (Lipinski definition) is 5. The molecule has 1 aromatic heterocycles. The van der Waals surface area contributed by atoms with Gasteiger partial charge in [-0.3, -0.25) is 9.59 Å². The Morgan fingerprint density at radius 3 is 2.95 bits per heavy atom. The third-order valence-corrected chi connectivity index (χ3v) is 3.14. The van der Waals surface area contributed by atoms with Crippen LogP contribution in [-0.4, -0.2) is 42.5 Å². The molecule has 0 bridgehead atoms. The zero-order valence-corrected chi connectivity index (χ0v) is 12.5. The zero-order valence-electron chi connectivity index (χ0n) is 10.9. The number of anilines is 1. The number of aryl methyl sites for hydroxylation is 1. The second-order valence-electron chi connectivity index (χ2n) is 3.82. The molecular formula is C11H17BrN4O3. The van der Waals surface area contributed by atoms with E-state index in [0.717, 1.165) is 0 Å². The second-order valence-corrected chi connectivity index (χ2v) is 4.61. The Balaban J connectivity index is 2.39. The molecule has 0 saturated heterocycles. The Kier molecular flexibility index (Phi) is 6.51. The monoisotopic (exact) mass is 332 g/mol. The number of ether oxygens (including phenoxy) is 1. The highest BCUT2D eigenvalue weighted by atomic mass is 79.9. The van der Waals surface area contributed by atoms with Gasteiger partial charge in [0.15, 0.2) is 0 Å². The largest absolute Gasteiger partial charge is 0.383 e. The molecular weight excluding hydrogens is 316 g/mol. The van der Waals surface area contributed by atoms with Crippen LogP contribution in [0.5, 0.6) is 0 Å². The molecule has 0 aromatic carbocycles. The predicted molar refractivity (Wildman–Crippen MR) is 75.2 cm³/mol. The van der Waals surface area contributed by atoms with E-state index in [-0.39, 0.29) is 11.5 Å². The number of rotatable bonds is 7. The normalized spacial score (nSPS) is 10.3. The van der Waals surface area contributed by atoms with Crippen molar-refractivity contribution in [3.8, 4) is 0 Å². The second kappa shape index (κ2) is 7.90. The van der Waals surface area contributed by atoms with Crippen LogP contribution < -0.4 is 16.2 Å². The molecule has 106 valence electrons. The highest BCUT2D eigenvalue weighted by Gasteiger charge is 2.07. The van der Waals surface area contributed by atoms with Gasteiger partial charge >= 0.3 is 0 Å². The average molecular weight is 333 g/mol. The first-order valence-electron chi connectivity index (χ1n) is 5.77. The van der Waals surface area contributed by atoms with Crippen molar-refractivity contribution in [3.05, 3.63) is 21.0 Å². The molecule has 1 amide bonds. The molecule has 1 heterocycles. The number of halogens is 1. The van der Waals surface area contributed by atoms with Gasteiger partial charge in [0.1, 0.15) is 4.47 Å². The lowest BCUT2D eigenvalue weighted by molar-refractivity contribution is -0.121. The van der Waals surface area contributed by atoms with Crippen molar-refractivity contribution in [1.29, 1.82) is 0 Å². The van der Waals surface area contributed by atoms with Gasteiger partial charge in [-0.1, -0.05) is 0 Å². The molecule has 0 radical (unpaired) electrons. The minimum atomic E-state index is -0.227. The number of amides is 1. The number of methoxy groups -OCH3 is 1. The van der Waals surface area contributed by atoms with E-state index < -0.39 is 0 Å². The molecule has 0 saturated carbocycles. The molecule has 0 aliphatic heterocycles. The van der Waals surface area contributed by atoms with Gasteiger partial charge in [0.2, 0.25) is 5.91 Å². The summed E-state index contributed by atoms with van der Waals surface area (Å²) in [5, 5.41) is 9.59. The van der Waals surface area contributed by atoms with Crippen LogP contribution in [0.1, 0.15) is 6.42 Å². The van der Waals surface area contributed by atoms with Crippen LogP contribution in [0.4, 0.5) is 5.69 Å². The Labute approximate surface area is 119 Å². The molecule has 0 aliphatic carbocycles. The fourth-order valence-corrected chi connectivity index (χ4v) is 1.82. The van der Waals surface area contributed by atoms with Gasteiger partial charge in [0.25, 0.3) is 5.56 Å². The topological polar surface area (TPSA) is 85.2 Å². The third-order valence-electron chi connectivity index (χ3n) is 2.37. The summed E-state index contributed by atoms with van der Waals surface area (Å²) < 4.78 is 6.46. The van der Waals surface area contributed by atoms with Gasteiger partial charge in [0.05, 0.1) is 18.5 Å². The lowest BCUT2D eigenvalue weighted by atomic mass is 10.3. The van der Waals surface area contributed by atoms with Gasteiger partial charge in [-0.25, -0.2) is 4.68 Å². The quantitative estimate of drug-likeness (QED) is 0.692. The molecule has 0 aliphatic rings. The van der Waals surface area contributed by atoms with Crippen molar-refractivity contribution in [2.24, 2.45) is 7.05 Å². The Bertz CT molecular complexity index is 489. The highest BCUT2D eigenvalue weighted by molar-refractivity contribution is 9.10. The van der Waals surface area contributed by atoms with E-state index in [1.807, 2.05) is 0 Å². The summed E-state index contributed by atoms with van der Waals surface area (Å²) in [5.41, 5.74) is 0.349. The summed E-state index contributed by atoms with van der Waals surface area (Å²) in [4.78, 5) is 23.0. The van der Waals surface area contributed by atoms with Crippen molar-refractivity contribution in [2.45, 2.75) is 6.42 Å². The van der Waals surface area contributed by atoms with Crippen LogP contribution >= 0.6 is 15.9 Å². The van der Waals surface area contributed by atoms with Crippen LogP contribution in [0.3, 0.4) is 0 Å². The fourth-order valence-electron chi connectivity index (χ4n) is 1.33. The number of aromatic nitrogens is 2. The number of hydrogen-bond donors (Lipinski definition) is 2. The van der Waals surface area contributed by atoms with Crippen LogP contribution in [0.2, 0.25) is 0 Å². The van der Waals surface area contributed by atoms with Gasteiger partial charge in [-0.15, -0.1) is 0 Å². The minimum Gasteiger partial charge on any atom is -0.383 e. The Hall–Kier alpha value is -1.41. The molecule has 1 rings (SSSR count). The zero-order chi connectivity index (χ0) is 14.3. The van der Waals surface area contributed by atoms with E-state index in [0.29, 0.717) is 36.3 Å². The van der Waals surface area contributed by atoms with Crippen molar-refractivity contribution in [1.82, 2.24) is 15.1 Å². The summed E-state index contributed by atoms with van der Waals surface area (Å²) in [5.74, 6) is -0.0718. The molecule has 2 N–H and O–H groups in total. The maximum Gasteiger partial charge on any atom is 0.282 e. The van der Waals surface area contributed by atoms with Crippen molar-refractivity contribution in [3.63, 3.8) is 0 Å². The standard InChI is InChI=1S/C11H17BrN4O3/c1-16-11(18)10(12)8(7-15-16)13-4-3-9(17)14-5-6-19-2/h7,13H,3-6H2,1-2H3,(H,14,17). The predicted octanol–water partition coefficient (Wildman–Crippen LogP) is 0.107. The van der Waals surface area contributed by atoms with Gasteiger partial charge in [-0.05, 0) is 15.9 Å². The van der Waals surface area contributed by atoms with Crippen LogP contribution in [0.25, 0.3) is 0 Å². The number of nitrogens with zero attached hydrogens (tertiary/aromatic N) is 2. The van der Waals surface area contributed by atoms with Crippen molar-refractivity contribution < 1.29 is 9.53 Å². The van der Waals surface area contributed by atoms with E-state index in [1.165, 1.54) is 10.9 Å². The van der Waals surface area contributed by atoms with Crippen molar-refractivity contribution in [2.75, 3.05) is 32.1 Å². The molecule has 7 nitrogen and oxygen atoms in total. The van der Waals surface area contributed by atoms with E-state index in [4.69, 9.17) is 4.74 Å². The Morgan fingerprint density at radius 1 is 1.53 bits per heavy atom. The first-order chi connectivity index (χ1) is 9.06. The Morgan fingerprint density at radius 2 is 2.26 bits per heavy atom. The number of carbonyl (C=O) groups is 1. The van der Waals surface area contributed by atoms with E-state index in [2.05, 4.69) is 31.7 Å². The molecule has 0 unspecified atom stereocenters. The van der Waals surface area contributed by atoms with E-state index >= 15 is 0 Å². The highest BCUT2D eigenvalue weighted by Crippen LogP contribution is 2.15.